The third-order valence-electron chi connectivity index (χ3n) is 4.25. The van der Waals surface area contributed by atoms with E-state index in [0.717, 1.165) is 30.4 Å². The molecule has 0 radical (unpaired) electrons. The van der Waals surface area contributed by atoms with E-state index in [2.05, 4.69) is 46.0 Å². The Bertz CT molecular complexity index is 484. The highest BCUT2D eigenvalue weighted by molar-refractivity contribution is 9.10. The van der Waals surface area contributed by atoms with E-state index in [4.69, 9.17) is 11.5 Å². The van der Waals surface area contributed by atoms with Crippen LogP contribution in [0.1, 0.15) is 37.8 Å². The fourth-order valence-corrected chi connectivity index (χ4v) is 3.77. The summed E-state index contributed by atoms with van der Waals surface area (Å²) in [7, 11) is 0. The van der Waals surface area contributed by atoms with Crippen LogP contribution in [0, 0.1) is 5.92 Å². The number of carbonyl (C=O) groups excluding carboxylic acids is 1. The number of piperidine rings is 1. The van der Waals surface area contributed by atoms with E-state index < -0.39 is 0 Å². The van der Waals surface area contributed by atoms with Crippen LogP contribution in [-0.4, -0.2) is 29.9 Å². The molecule has 4 nitrogen and oxygen atoms in total. The molecule has 0 aromatic heterocycles. The Labute approximate surface area is 135 Å². The summed E-state index contributed by atoms with van der Waals surface area (Å²) in [5, 5.41) is 0. The fourth-order valence-electron chi connectivity index (χ4n) is 3.25. The number of hydrogen-bond acceptors (Lipinski definition) is 3. The van der Waals surface area contributed by atoms with Crippen molar-refractivity contribution in [3.63, 3.8) is 0 Å². The molecule has 1 amide bonds. The van der Waals surface area contributed by atoms with E-state index in [9.17, 15) is 4.79 Å². The lowest BCUT2D eigenvalue weighted by Gasteiger charge is -2.39. The van der Waals surface area contributed by atoms with E-state index in [0.29, 0.717) is 12.3 Å². The number of carbonyl (C=O) groups is 1. The van der Waals surface area contributed by atoms with E-state index in [1.165, 1.54) is 5.56 Å². The Balaban J connectivity index is 2.08. The Morgan fingerprint density at radius 2 is 2.00 bits per heavy atom. The zero-order chi connectivity index (χ0) is 15.4. The molecule has 1 saturated heterocycles. The number of primary amides is 1. The molecule has 2 rings (SSSR count). The minimum atomic E-state index is -0.192. The van der Waals surface area contributed by atoms with Gasteiger partial charge in [-0.15, -0.1) is 0 Å². The van der Waals surface area contributed by atoms with E-state index >= 15 is 0 Å². The second kappa shape index (κ2) is 7.38. The maximum atomic E-state index is 11.0. The Morgan fingerprint density at radius 3 is 2.52 bits per heavy atom. The summed E-state index contributed by atoms with van der Waals surface area (Å²) >= 11 is 3.63. The van der Waals surface area contributed by atoms with Crippen molar-refractivity contribution in [2.24, 2.45) is 17.4 Å². The molecule has 0 aliphatic carbocycles. The van der Waals surface area contributed by atoms with Crippen LogP contribution in [-0.2, 0) is 4.79 Å². The molecular formula is C16H24BrN3O. The number of amides is 1. The highest BCUT2D eigenvalue weighted by Gasteiger charge is 2.29. The standard InChI is InChI=1S/C16H24BrN3O/c1-11(18)16(13-4-2-3-5-14(13)17)20-8-6-12(7-9-20)10-15(19)21/h2-5,11-12,16H,6-10,18H2,1H3,(H2,19,21). The quantitative estimate of drug-likeness (QED) is 0.853. The average molecular weight is 354 g/mol. The van der Waals surface area contributed by atoms with Crippen LogP contribution in [0.15, 0.2) is 28.7 Å². The first-order valence-electron chi connectivity index (χ1n) is 7.51. The highest BCUT2D eigenvalue weighted by atomic mass is 79.9. The number of likely N-dealkylation sites (tertiary alicyclic amines) is 1. The number of rotatable bonds is 5. The van der Waals surface area contributed by atoms with Gasteiger partial charge in [0.2, 0.25) is 5.91 Å². The summed E-state index contributed by atoms with van der Waals surface area (Å²) in [5.74, 6) is 0.231. The molecule has 0 bridgehead atoms. The van der Waals surface area contributed by atoms with Gasteiger partial charge in [-0.3, -0.25) is 9.69 Å². The molecule has 1 fully saturated rings. The molecular weight excluding hydrogens is 330 g/mol. The molecule has 1 heterocycles. The lowest BCUT2D eigenvalue weighted by molar-refractivity contribution is -0.119. The van der Waals surface area contributed by atoms with Crippen LogP contribution in [0.2, 0.25) is 0 Å². The summed E-state index contributed by atoms with van der Waals surface area (Å²) in [5.41, 5.74) is 12.8. The third-order valence-corrected chi connectivity index (χ3v) is 4.98. The van der Waals surface area contributed by atoms with Crippen LogP contribution >= 0.6 is 15.9 Å². The van der Waals surface area contributed by atoms with Gasteiger partial charge in [-0.1, -0.05) is 34.1 Å². The molecule has 1 aliphatic rings. The topological polar surface area (TPSA) is 72.3 Å². The minimum absolute atomic E-state index is 0.0522. The van der Waals surface area contributed by atoms with Crippen LogP contribution in [0.4, 0.5) is 0 Å². The molecule has 116 valence electrons. The van der Waals surface area contributed by atoms with Crippen molar-refractivity contribution in [3.8, 4) is 0 Å². The van der Waals surface area contributed by atoms with E-state index in [-0.39, 0.29) is 18.0 Å². The SMILES string of the molecule is CC(N)C(c1ccccc1Br)N1CCC(CC(N)=O)CC1. The van der Waals surface area contributed by atoms with Crippen molar-refractivity contribution in [1.82, 2.24) is 4.90 Å². The number of benzene rings is 1. The second-order valence-corrected chi connectivity index (χ2v) is 6.83. The summed E-state index contributed by atoms with van der Waals surface area (Å²) in [6, 6.07) is 8.52. The van der Waals surface area contributed by atoms with Crippen molar-refractivity contribution in [1.29, 1.82) is 0 Å². The molecule has 1 aliphatic heterocycles. The van der Waals surface area contributed by atoms with Crippen LogP contribution in [0.25, 0.3) is 0 Å². The van der Waals surface area contributed by atoms with Gasteiger partial charge >= 0.3 is 0 Å². The van der Waals surface area contributed by atoms with Gasteiger partial charge in [-0.25, -0.2) is 0 Å². The minimum Gasteiger partial charge on any atom is -0.370 e. The molecule has 4 N–H and O–H groups in total. The summed E-state index contributed by atoms with van der Waals surface area (Å²) < 4.78 is 1.10. The van der Waals surface area contributed by atoms with Crippen molar-refractivity contribution in [3.05, 3.63) is 34.3 Å². The van der Waals surface area contributed by atoms with Gasteiger partial charge in [0.15, 0.2) is 0 Å². The van der Waals surface area contributed by atoms with Crippen molar-refractivity contribution in [2.75, 3.05) is 13.1 Å². The number of nitrogens with two attached hydrogens (primary N) is 2. The number of nitrogens with zero attached hydrogens (tertiary/aromatic N) is 1. The molecule has 2 atom stereocenters. The number of halogens is 1. The van der Waals surface area contributed by atoms with Crippen molar-refractivity contribution >= 4 is 21.8 Å². The van der Waals surface area contributed by atoms with Gasteiger partial charge < -0.3 is 11.5 Å². The molecule has 0 saturated carbocycles. The summed E-state index contributed by atoms with van der Waals surface area (Å²) in [6.45, 7) is 3.98. The summed E-state index contributed by atoms with van der Waals surface area (Å²) in [6.07, 6.45) is 2.53. The van der Waals surface area contributed by atoms with Crippen LogP contribution in [0.3, 0.4) is 0 Å². The smallest absolute Gasteiger partial charge is 0.217 e. The zero-order valence-electron chi connectivity index (χ0n) is 12.5. The van der Waals surface area contributed by atoms with Gasteiger partial charge in [-0.05, 0) is 50.4 Å². The maximum Gasteiger partial charge on any atom is 0.217 e. The molecule has 0 spiro atoms. The van der Waals surface area contributed by atoms with Crippen LogP contribution in [0.5, 0.6) is 0 Å². The van der Waals surface area contributed by atoms with Gasteiger partial charge in [0, 0.05) is 16.9 Å². The first-order chi connectivity index (χ1) is 9.99. The summed E-state index contributed by atoms with van der Waals surface area (Å²) in [4.78, 5) is 13.5. The molecule has 2 unspecified atom stereocenters. The van der Waals surface area contributed by atoms with Gasteiger partial charge in [-0.2, -0.15) is 0 Å². The van der Waals surface area contributed by atoms with E-state index in [1.54, 1.807) is 0 Å². The molecule has 1 aromatic carbocycles. The van der Waals surface area contributed by atoms with Crippen molar-refractivity contribution in [2.45, 2.75) is 38.3 Å². The second-order valence-electron chi connectivity index (χ2n) is 5.98. The van der Waals surface area contributed by atoms with Gasteiger partial charge in [0.1, 0.15) is 0 Å². The normalized spacial score (nSPS) is 20.1. The zero-order valence-corrected chi connectivity index (χ0v) is 14.1. The largest absolute Gasteiger partial charge is 0.370 e. The fraction of sp³-hybridized carbons (Fsp3) is 0.562. The average Bonchev–Trinajstić information content (AvgIpc) is 2.42. The lowest BCUT2D eigenvalue weighted by Crippen LogP contribution is -2.44. The molecule has 21 heavy (non-hydrogen) atoms. The van der Waals surface area contributed by atoms with Gasteiger partial charge in [0.05, 0.1) is 6.04 Å². The van der Waals surface area contributed by atoms with Gasteiger partial charge in [0.25, 0.3) is 0 Å². The Hall–Kier alpha value is -0.910. The highest BCUT2D eigenvalue weighted by Crippen LogP contribution is 2.33. The lowest BCUT2D eigenvalue weighted by atomic mass is 9.90. The number of hydrogen-bond donors (Lipinski definition) is 2. The monoisotopic (exact) mass is 353 g/mol. The predicted octanol–water partition coefficient (Wildman–Crippen LogP) is 2.42. The molecule has 1 aromatic rings. The maximum absolute atomic E-state index is 11.0. The first kappa shape index (κ1) is 16.5. The third kappa shape index (κ3) is 4.28. The first-order valence-corrected chi connectivity index (χ1v) is 8.30. The molecule has 5 heteroatoms. The Morgan fingerprint density at radius 1 is 1.38 bits per heavy atom. The van der Waals surface area contributed by atoms with Crippen molar-refractivity contribution < 1.29 is 4.79 Å². The Kier molecular flexibility index (Phi) is 5.79. The van der Waals surface area contributed by atoms with Crippen LogP contribution < -0.4 is 11.5 Å². The predicted molar refractivity (Wildman–Crippen MR) is 88.6 cm³/mol. The van der Waals surface area contributed by atoms with E-state index in [1.807, 2.05) is 6.07 Å².